The summed E-state index contributed by atoms with van der Waals surface area (Å²) < 4.78 is 38.0. The normalized spacial score (nSPS) is 20.7. The Hall–Kier alpha value is -1.67. The largest absolute Gasteiger partial charge is 0.451 e. The Morgan fingerprint density at radius 2 is 1.79 bits per heavy atom. The molecule has 4 rings (SSSR count). The van der Waals surface area contributed by atoms with Crippen LogP contribution in [0.25, 0.3) is 11.5 Å². The Morgan fingerprint density at radius 3 is 2.46 bits per heavy atom. The lowest BCUT2D eigenvalue weighted by atomic mass is 9.85. The maximum absolute atomic E-state index is 12.7. The summed E-state index contributed by atoms with van der Waals surface area (Å²) in [6.45, 7) is 1.09. The molecule has 0 unspecified atom stereocenters. The van der Waals surface area contributed by atoms with Crippen molar-refractivity contribution in [2.24, 2.45) is 0 Å². The third-order valence-electron chi connectivity index (χ3n) is 4.88. The van der Waals surface area contributed by atoms with Crippen molar-refractivity contribution < 1.29 is 17.3 Å². The molecule has 2 aromatic rings. The predicted octanol–water partition coefficient (Wildman–Crippen LogP) is 3.16. The fourth-order valence-corrected chi connectivity index (χ4v) is 4.58. The Morgan fingerprint density at radius 1 is 1.04 bits per heavy atom. The number of rotatable bonds is 4. The van der Waals surface area contributed by atoms with Crippen LogP contribution >= 0.6 is 0 Å². The second kappa shape index (κ2) is 6.33. The molecule has 0 spiro atoms. The third-order valence-corrected chi connectivity index (χ3v) is 6.64. The first-order valence-electron chi connectivity index (χ1n) is 8.57. The van der Waals surface area contributed by atoms with Crippen LogP contribution in [0.4, 0.5) is 0 Å². The molecular weight excluding hydrogens is 330 g/mol. The molecule has 1 aliphatic heterocycles. The molecule has 2 aromatic heterocycles. The van der Waals surface area contributed by atoms with Crippen LogP contribution in [0, 0.1) is 0 Å². The third kappa shape index (κ3) is 2.88. The Bertz CT molecular complexity index is 799. The lowest BCUT2D eigenvalue weighted by Gasteiger charge is -2.20. The van der Waals surface area contributed by atoms with E-state index in [-0.39, 0.29) is 5.09 Å². The van der Waals surface area contributed by atoms with Gasteiger partial charge >= 0.3 is 0 Å². The Kier molecular flexibility index (Phi) is 4.17. The van der Waals surface area contributed by atoms with E-state index in [1.54, 1.807) is 0 Å². The van der Waals surface area contributed by atoms with Gasteiger partial charge in [0.2, 0.25) is 11.0 Å². The predicted molar refractivity (Wildman–Crippen MR) is 85.8 cm³/mol. The van der Waals surface area contributed by atoms with Crippen molar-refractivity contribution in [3.63, 3.8) is 0 Å². The van der Waals surface area contributed by atoms with Gasteiger partial charge in [-0.15, -0.1) is 10.2 Å². The van der Waals surface area contributed by atoms with Gasteiger partial charge < -0.3 is 8.83 Å². The summed E-state index contributed by atoms with van der Waals surface area (Å²) >= 11 is 0. The van der Waals surface area contributed by atoms with E-state index in [4.69, 9.17) is 8.83 Å². The van der Waals surface area contributed by atoms with Gasteiger partial charge in [0.15, 0.2) is 0 Å². The minimum absolute atomic E-state index is 0.0530. The van der Waals surface area contributed by atoms with Crippen molar-refractivity contribution in [2.45, 2.75) is 56.0 Å². The fraction of sp³-hybridized carbons (Fsp3) is 0.625. The first-order chi connectivity index (χ1) is 11.6. The lowest BCUT2D eigenvalue weighted by Crippen LogP contribution is -2.31. The summed E-state index contributed by atoms with van der Waals surface area (Å²) in [4.78, 5) is 0. The van der Waals surface area contributed by atoms with Gasteiger partial charge in [0.25, 0.3) is 15.9 Å². The molecule has 130 valence electrons. The van der Waals surface area contributed by atoms with Crippen molar-refractivity contribution >= 4 is 10.0 Å². The molecule has 7 nitrogen and oxygen atoms in total. The second-order valence-electron chi connectivity index (χ2n) is 6.55. The van der Waals surface area contributed by atoms with Crippen molar-refractivity contribution in [3.8, 4) is 11.5 Å². The number of nitrogens with zero attached hydrogens (tertiary/aromatic N) is 3. The topological polar surface area (TPSA) is 89.4 Å². The number of hydrogen-bond donors (Lipinski definition) is 0. The lowest BCUT2D eigenvalue weighted by molar-refractivity contribution is 0.338. The maximum Gasteiger partial charge on any atom is 0.276 e. The van der Waals surface area contributed by atoms with Crippen molar-refractivity contribution in [1.82, 2.24) is 14.5 Å². The Labute approximate surface area is 141 Å². The van der Waals surface area contributed by atoms with Crippen LogP contribution in [0.1, 0.15) is 56.8 Å². The van der Waals surface area contributed by atoms with E-state index in [1.165, 1.54) is 23.1 Å². The molecule has 0 aromatic carbocycles. The van der Waals surface area contributed by atoms with Crippen LogP contribution in [0.3, 0.4) is 0 Å². The quantitative estimate of drug-likeness (QED) is 0.840. The average molecular weight is 351 g/mol. The van der Waals surface area contributed by atoms with Crippen LogP contribution in [-0.2, 0) is 10.0 Å². The van der Waals surface area contributed by atoms with E-state index in [2.05, 4.69) is 10.2 Å². The van der Waals surface area contributed by atoms with Crippen LogP contribution in [0.15, 0.2) is 26.3 Å². The molecule has 0 N–H and O–H groups in total. The number of sulfonamides is 1. The smallest absolute Gasteiger partial charge is 0.276 e. The van der Waals surface area contributed by atoms with Crippen LogP contribution in [0.2, 0.25) is 0 Å². The summed E-state index contributed by atoms with van der Waals surface area (Å²) in [5, 5.41) is 8.04. The molecule has 1 saturated carbocycles. The number of aromatic nitrogens is 2. The molecule has 0 radical (unpaired) electrons. The zero-order valence-electron chi connectivity index (χ0n) is 13.5. The molecule has 1 aliphatic carbocycles. The number of hydrogen-bond acceptors (Lipinski definition) is 6. The van der Waals surface area contributed by atoms with Gasteiger partial charge in [-0.25, -0.2) is 8.42 Å². The monoisotopic (exact) mass is 351 g/mol. The van der Waals surface area contributed by atoms with Gasteiger partial charge in [-0.1, -0.05) is 19.3 Å². The van der Waals surface area contributed by atoms with Gasteiger partial charge in [0.1, 0.15) is 6.26 Å². The molecular formula is C16H21N3O4S. The highest BCUT2D eigenvalue weighted by molar-refractivity contribution is 7.89. The van der Waals surface area contributed by atoms with E-state index in [0.29, 0.717) is 36.4 Å². The highest BCUT2D eigenvalue weighted by Crippen LogP contribution is 2.36. The molecule has 2 fully saturated rings. The minimum Gasteiger partial charge on any atom is -0.451 e. The van der Waals surface area contributed by atoms with E-state index in [9.17, 15) is 8.42 Å². The zero-order chi connectivity index (χ0) is 16.6. The molecule has 24 heavy (non-hydrogen) atoms. The summed E-state index contributed by atoms with van der Waals surface area (Å²) in [7, 11) is -3.60. The van der Waals surface area contributed by atoms with Gasteiger partial charge in [0, 0.05) is 25.1 Å². The highest BCUT2D eigenvalue weighted by Gasteiger charge is 2.30. The van der Waals surface area contributed by atoms with E-state index in [0.717, 1.165) is 38.5 Å². The fourth-order valence-electron chi connectivity index (χ4n) is 3.14. The minimum atomic E-state index is -3.60. The van der Waals surface area contributed by atoms with Gasteiger partial charge in [-0.3, -0.25) is 0 Å². The standard InChI is InChI=1S/C16H21N3O4S/c20-24(21,19-8-3-1-2-4-9-19)14-10-13(11-22-14)16-18-17-15(23-16)12-6-5-7-12/h10-12H,1-9H2. The van der Waals surface area contributed by atoms with E-state index in [1.807, 2.05) is 0 Å². The van der Waals surface area contributed by atoms with Crippen molar-refractivity contribution in [1.29, 1.82) is 0 Å². The molecule has 0 atom stereocenters. The first-order valence-corrected chi connectivity index (χ1v) is 10.0. The van der Waals surface area contributed by atoms with Crippen molar-refractivity contribution in [2.75, 3.05) is 13.1 Å². The average Bonchev–Trinajstić information content (AvgIpc) is 3.09. The summed E-state index contributed by atoms with van der Waals surface area (Å²) in [5.74, 6) is 1.30. The van der Waals surface area contributed by atoms with E-state index >= 15 is 0 Å². The first kappa shape index (κ1) is 15.8. The van der Waals surface area contributed by atoms with Gasteiger partial charge in [0.05, 0.1) is 5.56 Å². The van der Waals surface area contributed by atoms with Gasteiger partial charge in [-0.2, -0.15) is 4.31 Å². The van der Waals surface area contributed by atoms with Gasteiger partial charge in [-0.05, 0) is 25.7 Å². The highest BCUT2D eigenvalue weighted by atomic mass is 32.2. The number of furan rings is 1. The molecule has 2 aliphatic rings. The molecule has 3 heterocycles. The maximum atomic E-state index is 12.7. The molecule has 0 amide bonds. The molecule has 8 heteroatoms. The zero-order valence-corrected chi connectivity index (χ0v) is 14.3. The van der Waals surface area contributed by atoms with Crippen LogP contribution in [-0.4, -0.2) is 36.0 Å². The van der Waals surface area contributed by atoms with Crippen LogP contribution < -0.4 is 0 Å². The van der Waals surface area contributed by atoms with E-state index < -0.39 is 10.0 Å². The molecule has 0 bridgehead atoms. The second-order valence-corrected chi connectivity index (χ2v) is 8.41. The summed E-state index contributed by atoms with van der Waals surface area (Å²) in [5.41, 5.74) is 0.515. The van der Waals surface area contributed by atoms with Crippen molar-refractivity contribution in [3.05, 3.63) is 18.2 Å². The Balaban J connectivity index is 1.56. The summed E-state index contributed by atoms with van der Waals surface area (Å²) in [6, 6.07) is 1.48. The summed E-state index contributed by atoms with van der Waals surface area (Å²) in [6.07, 6.45) is 8.63. The van der Waals surface area contributed by atoms with Crippen LogP contribution in [0.5, 0.6) is 0 Å². The molecule has 1 saturated heterocycles. The SMILES string of the molecule is O=S(=O)(c1cc(-c2nnc(C3CCC3)o2)co1)N1CCCCCC1.